The number of aromatic nitrogens is 1. The van der Waals surface area contributed by atoms with Gasteiger partial charge in [0.2, 0.25) is 0 Å². The van der Waals surface area contributed by atoms with Crippen LogP contribution in [0.25, 0.3) is 0 Å². The lowest BCUT2D eigenvalue weighted by atomic mass is 9.87. The summed E-state index contributed by atoms with van der Waals surface area (Å²) in [5, 5.41) is 4.54. The number of hydrogen-bond donors (Lipinski definition) is 2. The van der Waals surface area contributed by atoms with Crippen LogP contribution in [0.1, 0.15) is 46.5 Å². The van der Waals surface area contributed by atoms with E-state index in [0.29, 0.717) is 11.9 Å². The van der Waals surface area contributed by atoms with Crippen LogP contribution < -0.4 is 15.8 Å². The average molecular weight is 269 g/mol. The summed E-state index contributed by atoms with van der Waals surface area (Å²) in [6, 6.07) is 0.531. The number of nitrogens with zero attached hydrogens (tertiary/aromatic N) is 1. The minimum atomic E-state index is 0.120. The van der Waals surface area contributed by atoms with E-state index in [2.05, 4.69) is 16.6 Å². The molecule has 0 saturated heterocycles. The first kappa shape index (κ1) is 13.5. The molecule has 0 radical (unpaired) electrons. The molecule has 1 saturated carbocycles. The third-order valence-corrected chi connectivity index (χ3v) is 4.07. The van der Waals surface area contributed by atoms with E-state index in [1.807, 2.05) is 13.8 Å². The van der Waals surface area contributed by atoms with Crippen molar-refractivity contribution in [3.8, 4) is 5.75 Å². The van der Waals surface area contributed by atoms with Crippen molar-refractivity contribution in [2.24, 2.45) is 5.92 Å². The summed E-state index contributed by atoms with van der Waals surface area (Å²) in [4.78, 5) is 0. The van der Waals surface area contributed by atoms with Crippen LogP contribution in [0, 0.1) is 5.92 Å². The lowest BCUT2D eigenvalue weighted by Gasteiger charge is -2.28. The topological polar surface area (TPSA) is 60.2 Å². The number of anilines is 2. The second kappa shape index (κ2) is 5.78. The summed E-state index contributed by atoms with van der Waals surface area (Å²) < 4.78 is 9.93. The SMILES string of the molecule is CC1CCCC(Nc2snc(N)c2OC(C)C)C1. The van der Waals surface area contributed by atoms with Crippen LogP contribution in [-0.4, -0.2) is 16.5 Å². The zero-order valence-electron chi connectivity index (χ0n) is 11.4. The van der Waals surface area contributed by atoms with Crippen molar-refractivity contribution in [3.63, 3.8) is 0 Å². The molecule has 5 heteroatoms. The van der Waals surface area contributed by atoms with Gasteiger partial charge in [0, 0.05) is 6.04 Å². The number of nitrogens with one attached hydrogen (secondary N) is 1. The van der Waals surface area contributed by atoms with E-state index in [0.717, 1.165) is 16.7 Å². The molecule has 2 atom stereocenters. The minimum Gasteiger partial charge on any atom is -0.484 e. The summed E-state index contributed by atoms with van der Waals surface area (Å²) in [6.07, 6.45) is 5.21. The van der Waals surface area contributed by atoms with Crippen molar-refractivity contribution in [3.05, 3.63) is 0 Å². The molecule has 102 valence electrons. The monoisotopic (exact) mass is 269 g/mol. The van der Waals surface area contributed by atoms with E-state index < -0.39 is 0 Å². The molecule has 2 unspecified atom stereocenters. The van der Waals surface area contributed by atoms with Crippen molar-refractivity contribution in [1.82, 2.24) is 4.37 Å². The second-order valence-corrected chi connectivity index (χ2v) is 6.28. The average Bonchev–Trinajstić information content (AvgIpc) is 2.61. The predicted molar refractivity (Wildman–Crippen MR) is 77.3 cm³/mol. The highest BCUT2D eigenvalue weighted by molar-refractivity contribution is 7.11. The Bertz CT molecular complexity index is 392. The van der Waals surface area contributed by atoms with Crippen LogP contribution in [0.3, 0.4) is 0 Å². The van der Waals surface area contributed by atoms with Crippen molar-refractivity contribution >= 4 is 22.4 Å². The highest BCUT2D eigenvalue weighted by Gasteiger charge is 2.22. The van der Waals surface area contributed by atoms with Gasteiger partial charge in [-0.1, -0.05) is 19.8 Å². The maximum atomic E-state index is 5.86. The molecule has 1 heterocycles. The standard InChI is InChI=1S/C13H23N3OS/c1-8(2)17-11-12(14)16-18-13(11)15-10-6-4-5-9(3)7-10/h8-10,15H,4-7H2,1-3H3,(H2,14,16). The fraction of sp³-hybridized carbons (Fsp3) is 0.769. The molecule has 18 heavy (non-hydrogen) atoms. The smallest absolute Gasteiger partial charge is 0.197 e. The molecule has 0 spiro atoms. The molecule has 0 aromatic carbocycles. The van der Waals surface area contributed by atoms with Crippen LogP contribution in [0.5, 0.6) is 5.75 Å². The molecular formula is C13H23N3OS. The van der Waals surface area contributed by atoms with Crippen molar-refractivity contribution in [1.29, 1.82) is 0 Å². The summed E-state index contributed by atoms with van der Waals surface area (Å²) >= 11 is 1.40. The highest BCUT2D eigenvalue weighted by Crippen LogP contribution is 2.38. The number of nitrogen functional groups attached to an aromatic ring is 1. The zero-order chi connectivity index (χ0) is 13.1. The number of ether oxygens (including phenoxy) is 1. The molecule has 0 bridgehead atoms. The van der Waals surface area contributed by atoms with Crippen LogP contribution in [-0.2, 0) is 0 Å². The van der Waals surface area contributed by atoms with Crippen LogP contribution in [0.2, 0.25) is 0 Å². The first-order valence-corrected chi connectivity index (χ1v) is 7.52. The maximum absolute atomic E-state index is 5.86. The van der Waals surface area contributed by atoms with Crippen LogP contribution in [0.15, 0.2) is 0 Å². The van der Waals surface area contributed by atoms with Gasteiger partial charge in [0.25, 0.3) is 0 Å². The van der Waals surface area contributed by atoms with Crippen LogP contribution >= 0.6 is 11.5 Å². The Balaban J connectivity index is 2.04. The van der Waals surface area contributed by atoms with Gasteiger partial charge in [0.15, 0.2) is 16.6 Å². The van der Waals surface area contributed by atoms with Crippen molar-refractivity contribution in [2.45, 2.75) is 58.6 Å². The van der Waals surface area contributed by atoms with Crippen LogP contribution in [0.4, 0.5) is 10.8 Å². The first-order chi connectivity index (χ1) is 8.56. The third-order valence-electron chi connectivity index (χ3n) is 3.30. The number of nitrogens with two attached hydrogens (primary N) is 1. The molecule has 4 nitrogen and oxygen atoms in total. The van der Waals surface area contributed by atoms with Gasteiger partial charge < -0.3 is 15.8 Å². The normalized spacial score (nSPS) is 24.2. The van der Waals surface area contributed by atoms with Gasteiger partial charge in [-0.15, -0.1) is 0 Å². The van der Waals surface area contributed by atoms with Crippen molar-refractivity contribution < 1.29 is 4.74 Å². The quantitative estimate of drug-likeness (QED) is 0.878. The number of rotatable bonds is 4. The first-order valence-electron chi connectivity index (χ1n) is 6.74. The van der Waals surface area contributed by atoms with Gasteiger partial charge in [0.1, 0.15) is 0 Å². The van der Waals surface area contributed by atoms with Gasteiger partial charge in [-0.2, -0.15) is 4.37 Å². The van der Waals surface area contributed by atoms with E-state index in [1.165, 1.54) is 37.2 Å². The minimum absolute atomic E-state index is 0.120. The number of hydrogen-bond acceptors (Lipinski definition) is 5. The van der Waals surface area contributed by atoms with E-state index in [-0.39, 0.29) is 6.10 Å². The van der Waals surface area contributed by atoms with E-state index in [1.54, 1.807) is 0 Å². The van der Waals surface area contributed by atoms with Gasteiger partial charge in [-0.3, -0.25) is 0 Å². The molecule has 1 aromatic rings. The Morgan fingerprint density at radius 2 is 2.22 bits per heavy atom. The maximum Gasteiger partial charge on any atom is 0.197 e. The van der Waals surface area contributed by atoms with E-state index in [9.17, 15) is 0 Å². The van der Waals surface area contributed by atoms with E-state index in [4.69, 9.17) is 10.5 Å². The summed E-state index contributed by atoms with van der Waals surface area (Å²) in [5.74, 6) is 2.03. The Labute approximate surface area is 113 Å². The Morgan fingerprint density at radius 3 is 2.89 bits per heavy atom. The van der Waals surface area contributed by atoms with Gasteiger partial charge in [0.05, 0.1) is 6.10 Å². The Morgan fingerprint density at radius 1 is 1.44 bits per heavy atom. The summed E-state index contributed by atoms with van der Waals surface area (Å²) in [7, 11) is 0. The fourth-order valence-electron chi connectivity index (χ4n) is 2.49. The fourth-order valence-corrected chi connectivity index (χ4v) is 3.21. The molecule has 0 amide bonds. The molecule has 1 aliphatic carbocycles. The summed E-state index contributed by atoms with van der Waals surface area (Å²) in [6.45, 7) is 6.33. The highest BCUT2D eigenvalue weighted by atomic mass is 32.1. The molecule has 2 rings (SSSR count). The lowest BCUT2D eigenvalue weighted by Crippen LogP contribution is -2.26. The molecule has 1 aliphatic rings. The molecule has 1 aromatic heterocycles. The van der Waals surface area contributed by atoms with E-state index >= 15 is 0 Å². The van der Waals surface area contributed by atoms with Crippen molar-refractivity contribution in [2.75, 3.05) is 11.1 Å². The Hall–Kier alpha value is -0.970. The van der Waals surface area contributed by atoms with Gasteiger partial charge in [-0.25, -0.2) is 0 Å². The second-order valence-electron chi connectivity index (χ2n) is 5.51. The molecular weight excluding hydrogens is 246 g/mol. The van der Waals surface area contributed by atoms with Gasteiger partial charge in [-0.05, 0) is 44.1 Å². The Kier molecular flexibility index (Phi) is 4.32. The van der Waals surface area contributed by atoms with Gasteiger partial charge >= 0.3 is 0 Å². The largest absolute Gasteiger partial charge is 0.484 e. The molecule has 1 fully saturated rings. The predicted octanol–water partition coefficient (Wildman–Crippen LogP) is 3.50. The molecule has 3 N–H and O–H groups in total. The molecule has 0 aliphatic heterocycles. The zero-order valence-corrected chi connectivity index (χ0v) is 12.2. The summed E-state index contributed by atoms with van der Waals surface area (Å²) in [5.41, 5.74) is 5.86. The third kappa shape index (κ3) is 3.28. The lowest BCUT2D eigenvalue weighted by molar-refractivity contribution is 0.245.